The number of nitrogens with one attached hydrogen (secondary N) is 1. The van der Waals surface area contributed by atoms with Gasteiger partial charge in [-0.2, -0.15) is 10.1 Å². The van der Waals surface area contributed by atoms with E-state index >= 15 is 0 Å². The molecule has 0 bridgehead atoms. The monoisotopic (exact) mass is 328 g/mol. The van der Waals surface area contributed by atoms with Crippen LogP contribution in [0.2, 0.25) is 0 Å². The fourth-order valence-corrected chi connectivity index (χ4v) is 3.92. The van der Waals surface area contributed by atoms with Gasteiger partial charge in [-0.15, -0.1) is 11.3 Å². The Kier molecular flexibility index (Phi) is 3.65. The van der Waals surface area contributed by atoms with Crippen LogP contribution in [-0.2, 0) is 7.05 Å². The molecule has 0 spiro atoms. The van der Waals surface area contributed by atoms with Crippen LogP contribution >= 0.6 is 11.3 Å². The summed E-state index contributed by atoms with van der Waals surface area (Å²) in [6, 6.07) is 4.54. The molecule has 7 heteroatoms. The Labute approximate surface area is 138 Å². The molecule has 0 amide bonds. The average Bonchev–Trinajstić information content (AvgIpc) is 3.17. The Morgan fingerprint density at radius 3 is 2.83 bits per heavy atom. The second-order valence-electron chi connectivity index (χ2n) is 6.06. The first-order valence-corrected chi connectivity index (χ1v) is 8.91. The topological polar surface area (TPSA) is 81.7 Å². The molecule has 23 heavy (non-hydrogen) atoms. The highest BCUT2D eigenvalue weighted by molar-refractivity contribution is 7.13. The van der Waals surface area contributed by atoms with Crippen LogP contribution in [0.15, 0.2) is 17.5 Å². The van der Waals surface area contributed by atoms with Crippen molar-refractivity contribution in [2.24, 2.45) is 7.05 Å². The lowest BCUT2D eigenvalue weighted by molar-refractivity contribution is 0.461. The first-order valence-electron chi connectivity index (χ1n) is 8.03. The van der Waals surface area contributed by atoms with Crippen molar-refractivity contribution in [3.63, 3.8) is 0 Å². The number of rotatable bonds is 3. The SMILES string of the molecule is Cn1nc2nc(NC3CCCCC3)nc(-c3cccs3)c2c1N. The molecule has 1 fully saturated rings. The number of hydrogen-bond acceptors (Lipinski definition) is 6. The van der Waals surface area contributed by atoms with E-state index in [0.29, 0.717) is 23.5 Å². The van der Waals surface area contributed by atoms with Crippen molar-refractivity contribution in [3.05, 3.63) is 17.5 Å². The van der Waals surface area contributed by atoms with E-state index in [1.165, 1.54) is 32.1 Å². The third kappa shape index (κ3) is 2.65. The molecule has 1 aliphatic rings. The lowest BCUT2D eigenvalue weighted by atomic mass is 9.96. The summed E-state index contributed by atoms with van der Waals surface area (Å²) < 4.78 is 1.67. The number of hydrogen-bond donors (Lipinski definition) is 2. The maximum atomic E-state index is 6.18. The molecule has 0 radical (unpaired) electrons. The highest BCUT2D eigenvalue weighted by Crippen LogP contribution is 2.33. The minimum absolute atomic E-state index is 0.457. The standard InChI is InChI=1S/C16H20N6S/c1-22-14(17)12-13(11-8-5-9-23-11)19-16(20-15(12)21-22)18-10-6-3-2-4-7-10/h5,8-10H,2-4,6-7,17H2,1H3,(H,18,20,21). The Hall–Kier alpha value is -2.15. The number of nitrogens with zero attached hydrogens (tertiary/aromatic N) is 4. The number of fused-ring (bicyclic) bond motifs is 1. The summed E-state index contributed by atoms with van der Waals surface area (Å²) in [6.07, 6.45) is 6.23. The van der Waals surface area contributed by atoms with Gasteiger partial charge in [0.05, 0.1) is 16.0 Å². The molecule has 3 aromatic heterocycles. The lowest BCUT2D eigenvalue weighted by Crippen LogP contribution is -2.23. The smallest absolute Gasteiger partial charge is 0.225 e. The molecule has 0 aromatic carbocycles. The van der Waals surface area contributed by atoms with Crippen LogP contribution in [0.3, 0.4) is 0 Å². The van der Waals surface area contributed by atoms with E-state index in [4.69, 9.17) is 10.7 Å². The third-order valence-electron chi connectivity index (χ3n) is 4.43. The van der Waals surface area contributed by atoms with Crippen molar-refractivity contribution in [1.29, 1.82) is 0 Å². The Morgan fingerprint density at radius 1 is 1.26 bits per heavy atom. The molecule has 0 unspecified atom stereocenters. The summed E-state index contributed by atoms with van der Waals surface area (Å²) in [5.74, 6) is 1.26. The van der Waals surface area contributed by atoms with E-state index in [1.54, 1.807) is 16.0 Å². The zero-order valence-electron chi connectivity index (χ0n) is 13.1. The number of nitrogens with two attached hydrogens (primary N) is 1. The summed E-state index contributed by atoms with van der Waals surface area (Å²) in [5.41, 5.74) is 7.71. The van der Waals surface area contributed by atoms with Gasteiger partial charge in [-0.3, -0.25) is 4.68 Å². The minimum atomic E-state index is 0.457. The average molecular weight is 328 g/mol. The minimum Gasteiger partial charge on any atom is -0.383 e. The van der Waals surface area contributed by atoms with Gasteiger partial charge >= 0.3 is 0 Å². The Balaban J connectivity index is 1.80. The maximum absolute atomic E-state index is 6.18. The number of aryl methyl sites for hydroxylation is 1. The molecule has 0 atom stereocenters. The fourth-order valence-electron chi connectivity index (χ4n) is 3.20. The largest absolute Gasteiger partial charge is 0.383 e. The molecular formula is C16H20N6S. The molecule has 3 N–H and O–H groups in total. The van der Waals surface area contributed by atoms with Gasteiger partial charge in [0.15, 0.2) is 5.65 Å². The zero-order valence-corrected chi connectivity index (χ0v) is 13.9. The van der Waals surface area contributed by atoms with Crippen LogP contribution in [0.5, 0.6) is 0 Å². The van der Waals surface area contributed by atoms with Crippen LogP contribution in [0, 0.1) is 0 Å². The van der Waals surface area contributed by atoms with E-state index in [1.807, 2.05) is 18.5 Å². The van der Waals surface area contributed by atoms with Gasteiger partial charge in [0.25, 0.3) is 0 Å². The van der Waals surface area contributed by atoms with Crippen LogP contribution in [0.1, 0.15) is 32.1 Å². The van der Waals surface area contributed by atoms with Crippen molar-refractivity contribution >= 4 is 34.1 Å². The van der Waals surface area contributed by atoms with Gasteiger partial charge < -0.3 is 11.1 Å². The number of thiophene rings is 1. The number of nitrogen functional groups attached to an aromatic ring is 1. The summed E-state index contributed by atoms with van der Waals surface area (Å²) in [5, 5.41) is 10.8. The zero-order chi connectivity index (χ0) is 15.8. The number of aromatic nitrogens is 4. The molecule has 0 aliphatic heterocycles. The van der Waals surface area contributed by atoms with E-state index in [-0.39, 0.29) is 0 Å². The van der Waals surface area contributed by atoms with Gasteiger partial charge in [-0.25, -0.2) is 4.98 Å². The first-order chi connectivity index (χ1) is 11.2. The predicted octanol–water partition coefficient (Wildman–Crippen LogP) is 3.42. The molecule has 120 valence electrons. The van der Waals surface area contributed by atoms with Gasteiger partial charge in [0.1, 0.15) is 5.82 Å². The molecule has 3 heterocycles. The first kappa shape index (κ1) is 14.4. The van der Waals surface area contributed by atoms with Crippen LogP contribution in [0.4, 0.5) is 11.8 Å². The van der Waals surface area contributed by atoms with Gasteiger partial charge in [0.2, 0.25) is 5.95 Å². The maximum Gasteiger partial charge on any atom is 0.225 e. The molecule has 3 aromatic rings. The number of anilines is 2. The van der Waals surface area contributed by atoms with Crippen molar-refractivity contribution in [1.82, 2.24) is 19.7 Å². The highest BCUT2D eigenvalue weighted by Gasteiger charge is 2.20. The van der Waals surface area contributed by atoms with Crippen molar-refractivity contribution in [3.8, 4) is 10.6 Å². The van der Waals surface area contributed by atoms with Gasteiger partial charge in [-0.1, -0.05) is 25.3 Å². The summed E-state index contributed by atoms with van der Waals surface area (Å²) in [7, 11) is 1.84. The third-order valence-corrected chi connectivity index (χ3v) is 5.31. The molecule has 4 rings (SSSR count). The van der Waals surface area contributed by atoms with Crippen LogP contribution < -0.4 is 11.1 Å². The quantitative estimate of drug-likeness (QED) is 0.770. The Bertz CT molecular complexity index is 817. The van der Waals surface area contributed by atoms with E-state index in [2.05, 4.69) is 21.5 Å². The summed E-state index contributed by atoms with van der Waals surface area (Å²) in [6.45, 7) is 0. The van der Waals surface area contributed by atoms with Crippen molar-refractivity contribution in [2.75, 3.05) is 11.1 Å². The Morgan fingerprint density at radius 2 is 2.09 bits per heavy atom. The van der Waals surface area contributed by atoms with E-state index in [0.717, 1.165) is 16.0 Å². The summed E-state index contributed by atoms with van der Waals surface area (Å²) >= 11 is 1.65. The lowest BCUT2D eigenvalue weighted by Gasteiger charge is -2.22. The van der Waals surface area contributed by atoms with Gasteiger partial charge in [-0.05, 0) is 24.3 Å². The van der Waals surface area contributed by atoms with Gasteiger partial charge in [0, 0.05) is 13.1 Å². The van der Waals surface area contributed by atoms with E-state index in [9.17, 15) is 0 Å². The fraction of sp³-hybridized carbons (Fsp3) is 0.438. The highest BCUT2D eigenvalue weighted by atomic mass is 32.1. The molecule has 1 saturated carbocycles. The second-order valence-corrected chi connectivity index (χ2v) is 7.01. The van der Waals surface area contributed by atoms with Crippen molar-refractivity contribution in [2.45, 2.75) is 38.1 Å². The normalized spacial score (nSPS) is 16.0. The molecule has 1 aliphatic carbocycles. The predicted molar refractivity (Wildman–Crippen MR) is 94.5 cm³/mol. The molecule has 6 nitrogen and oxygen atoms in total. The van der Waals surface area contributed by atoms with Crippen molar-refractivity contribution < 1.29 is 0 Å². The second kappa shape index (κ2) is 5.81. The van der Waals surface area contributed by atoms with Crippen LogP contribution in [0.25, 0.3) is 21.6 Å². The van der Waals surface area contributed by atoms with E-state index < -0.39 is 0 Å². The van der Waals surface area contributed by atoms with Crippen LogP contribution in [-0.4, -0.2) is 25.8 Å². The molecule has 0 saturated heterocycles. The molecular weight excluding hydrogens is 308 g/mol. The summed E-state index contributed by atoms with van der Waals surface area (Å²) in [4.78, 5) is 10.4.